The van der Waals surface area contributed by atoms with Gasteiger partial charge in [0.05, 0.1) is 0 Å². The van der Waals surface area contributed by atoms with Gasteiger partial charge in [-0.1, -0.05) is 23.7 Å². The van der Waals surface area contributed by atoms with Gasteiger partial charge in [0.25, 0.3) is 0 Å². The van der Waals surface area contributed by atoms with Gasteiger partial charge in [-0.3, -0.25) is 4.98 Å². The van der Waals surface area contributed by atoms with Gasteiger partial charge in [-0.2, -0.15) is 0 Å². The SMILES string of the molecule is Cc1ccncc1C(O)(c1ccc(Cl)cc1)c1cncnc1. The molecule has 0 saturated carbocycles. The van der Waals surface area contributed by atoms with Crippen LogP contribution in [0.2, 0.25) is 5.02 Å². The largest absolute Gasteiger partial charge is 0.376 e. The Bertz CT molecular complexity index is 777. The summed E-state index contributed by atoms with van der Waals surface area (Å²) in [6.07, 6.45) is 8.00. The van der Waals surface area contributed by atoms with Crippen LogP contribution in [0.5, 0.6) is 0 Å². The summed E-state index contributed by atoms with van der Waals surface area (Å²) < 4.78 is 0. The maximum atomic E-state index is 11.5. The highest BCUT2D eigenvalue weighted by molar-refractivity contribution is 6.30. The van der Waals surface area contributed by atoms with Gasteiger partial charge in [0.2, 0.25) is 0 Å². The lowest BCUT2D eigenvalue weighted by Gasteiger charge is -2.30. The van der Waals surface area contributed by atoms with Gasteiger partial charge < -0.3 is 5.11 Å². The van der Waals surface area contributed by atoms with Crippen LogP contribution in [0.15, 0.2) is 61.4 Å². The topological polar surface area (TPSA) is 58.9 Å². The van der Waals surface area contributed by atoms with Crippen LogP contribution in [0.25, 0.3) is 0 Å². The number of halogens is 1. The summed E-state index contributed by atoms with van der Waals surface area (Å²) in [6, 6.07) is 8.94. The van der Waals surface area contributed by atoms with E-state index in [1.807, 2.05) is 13.0 Å². The number of hydrogen-bond donors (Lipinski definition) is 1. The zero-order valence-electron chi connectivity index (χ0n) is 11.9. The molecule has 0 bridgehead atoms. The van der Waals surface area contributed by atoms with Crippen molar-refractivity contribution < 1.29 is 5.11 Å². The summed E-state index contributed by atoms with van der Waals surface area (Å²) in [4.78, 5) is 12.2. The van der Waals surface area contributed by atoms with E-state index in [2.05, 4.69) is 15.0 Å². The first-order chi connectivity index (χ1) is 10.6. The van der Waals surface area contributed by atoms with Crippen molar-refractivity contribution in [1.29, 1.82) is 0 Å². The van der Waals surface area contributed by atoms with Gasteiger partial charge in [-0.25, -0.2) is 9.97 Å². The Morgan fingerprint density at radius 3 is 2.23 bits per heavy atom. The smallest absolute Gasteiger partial charge is 0.145 e. The highest BCUT2D eigenvalue weighted by Gasteiger charge is 2.36. The molecule has 0 spiro atoms. The minimum atomic E-state index is -1.38. The molecule has 0 radical (unpaired) electrons. The maximum Gasteiger partial charge on any atom is 0.145 e. The summed E-state index contributed by atoms with van der Waals surface area (Å²) in [5, 5.41) is 12.1. The number of pyridine rings is 1. The fourth-order valence-corrected chi connectivity index (χ4v) is 2.62. The molecule has 1 aromatic carbocycles. The van der Waals surface area contributed by atoms with E-state index in [1.165, 1.54) is 6.33 Å². The molecule has 5 heteroatoms. The fourth-order valence-electron chi connectivity index (χ4n) is 2.50. The second-order valence-electron chi connectivity index (χ2n) is 5.04. The van der Waals surface area contributed by atoms with Crippen LogP contribution in [0.4, 0.5) is 0 Å². The van der Waals surface area contributed by atoms with E-state index in [1.54, 1.807) is 49.1 Å². The second kappa shape index (κ2) is 5.83. The van der Waals surface area contributed by atoms with Gasteiger partial charge in [0, 0.05) is 40.9 Å². The molecule has 22 heavy (non-hydrogen) atoms. The second-order valence-corrected chi connectivity index (χ2v) is 5.47. The average molecular weight is 312 g/mol. The Labute approximate surface area is 133 Å². The molecule has 0 fully saturated rings. The van der Waals surface area contributed by atoms with Crippen molar-refractivity contribution in [3.05, 3.63) is 88.7 Å². The predicted octanol–water partition coefficient (Wildman–Crippen LogP) is 3.12. The molecule has 1 N–H and O–H groups in total. The molecule has 0 aliphatic rings. The molecule has 2 heterocycles. The Balaban J connectivity index is 2.27. The average Bonchev–Trinajstić information content (AvgIpc) is 2.56. The van der Waals surface area contributed by atoms with E-state index >= 15 is 0 Å². The van der Waals surface area contributed by atoms with E-state index < -0.39 is 5.60 Å². The number of aromatic nitrogens is 3. The van der Waals surface area contributed by atoms with Crippen molar-refractivity contribution in [3.8, 4) is 0 Å². The van der Waals surface area contributed by atoms with E-state index in [0.717, 1.165) is 5.56 Å². The van der Waals surface area contributed by atoms with Gasteiger partial charge in [-0.15, -0.1) is 0 Å². The monoisotopic (exact) mass is 311 g/mol. The zero-order valence-corrected chi connectivity index (χ0v) is 12.7. The van der Waals surface area contributed by atoms with Crippen molar-refractivity contribution in [2.75, 3.05) is 0 Å². The number of benzene rings is 1. The maximum absolute atomic E-state index is 11.5. The van der Waals surface area contributed by atoms with Crippen molar-refractivity contribution in [2.24, 2.45) is 0 Å². The summed E-state index contributed by atoms with van der Waals surface area (Å²) in [7, 11) is 0. The summed E-state index contributed by atoms with van der Waals surface area (Å²) >= 11 is 5.97. The van der Waals surface area contributed by atoms with Crippen LogP contribution in [-0.2, 0) is 5.60 Å². The lowest BCUT2D eigenvalue weighted by Crippen LogP contribution is -2.30. The molecule has 3 rings (SSSR count). The number of aliphatic hydroxyl groups is 1. The van der Waals surface area contributed by atoms with E-state index in [-0.39, 0.29) is 0 Å². The Morgan fingerprint density at radius 2 is 1.59 bits per heavy atom. The first kappa shape index (κ1) is 14.6. The first-order valence-electron chi connectivity index (χ1n) is 6.77. The summed E-state index contributed by atoms with van der Waals surface area (Å²) in [5.74, 6) is 0. The third kappa shape index (κ3) is 2.47. The summed E-state index contributed by atoms with van der Waals surface area (Å²) in [6.45, 7) is 1.93. The molecular weight excluding hydrogens is 298 g/mol. The zero-order chi connectivity index (χ0) is 15.6. The molecular formula is C17H14ClN3O. The van der Waals surface area contributed by atoms with Gasteiger partial charge in [-0.05, 0) is 36.2 Å². The number of rotatable bonds is 3. The van der Waals surface area contributed by atoms with Crippen LogP contribution in [-0.4, -0.2) is 20.1 Å². The van der Waals surface area contributed by atoms with Crippen molar-refractivity contribution in [1.82, 2.24) is 15.0 Å². The Hall–Kier alpha value is -2.30. The van der Waals surface area contributed by atoms with Gasteiger partial charge >= 0.3 is 0 Å². The molecule has 0 aliphatic carbocycles. The van der Waals surface area contributed by atoms with Crippen LogP contribution in [0.1, 0.15) is 22.3 Å². The standard InChI is InChI=1S/C17H14ClN3O/c1-12-6-7-19-10-16(12)17(22,14-8-20-11-21-9-14)13-2-4-15(18)5-3-13/h2-11,22H,1H3. The molecule has 0 aliphatic heterocycles. The lowest BCUT2D eigenvalue weighted by molar-refractivity contribution is 0.124. The highest BCUT2D eigenvalue weighted by Crippen LogP contribution is 2.37. The molecule has 2 aromatic heterocycles. The Kier molecular flexibility index (Phi) is 3.88. The van der Waals surface area contributed by atoms with Crippen molar-refractivity contribution >= 4 is 11.6 Å². The quantitative estimate of drug-likeness (QED) is 0.807. The molecule has 0 amide bonds. The van der Waals surface area contributed by atoms with E-state index in [0.29, 0.717) is 21.7 Å². The minimum absolute atomic E-state index is 0.577. The summed E-state index contributed by atoms with van der Waals surface area (Å²) in [5.41, 5.74) is 1.49. The Morgan fingerprint density at radius 1 is 0.909 bits per heavy atom. The minimum Gasteiger partial charge on any atom is -0.376 e. The fraction of sp³-hybridized carbons (Fsp3) is 0.118. The van der Waals surface area contributed by atoms with Crippen molar-refractivity contribution in [2.45, 2.75) is 12.5 Å². The van der Waals surface area contributed by atoms with Crippen molar-refractivity contribution in [3.63, 3.8) is 0 Å². The lowest BCUT2D eigenvalue weighted by atomic mass is 9.80. The third-order valence-electron chi connectivity index (χ3n) is 3.67. The number of aryl methyl sites for hydroxylation is 1. The third-order valence-corrected chi connectivity index (χ3v) is 3.92. The van der Waals surface area contributed by atoms with E-state index in [9.17, 15) is 5.11 Å². The predicted molar refractivity (Wildman–Crippen MR) is 84.6 cm³/mol. The van der Waals surface area contributed by atoms with Crippen LogP contribution in [0, 0.1) is 6.92 Å². The highest BCUT2D eigenvalue weighted by atomic mass is 35.5. The molecule has 3 aromatic rings. The van der Waals surface area contributed by atoms with Crippen LogP contribution >= 0.6 is 11.6 Å². The van der Waals surface area contributed by atoms with Gasteiger partial charge in [0.15, 0.2) is 0 Å². The first-order valence-corrected chi connectivity index (χ1v) is 7.15. The molecule has 1 unspecified atom stereocenters. The van der Waals surface area contributed by atoms with Gasteiger partial charge in [0.1, 0.15) is 11.9 Å². The molecule has 4 nitrogen and oxygen atoms in total. The molecule has 1 atom stereocenters. The molecule has 110 valence electrons. The molecule has 0 saturated heterocycles. The van der Waals surface area contributed by atoms with E-state index in [4.69, 9.17) is 11.6 Å². The van der Waals surface area contributed by atoms with Crippen LogP contribution in [0.3, 0.4) is 0 Å². The number of nitrogens with zero attached hydrogens (tertiary/aromatic N) is 3. The number of hydrogen-bond acceptors (Lipinski definition) is 4. The van der Waals surface area contributed by atoms with Crippen LogP contribution < -0.4 is 0 Å². The normalized spacial score (nSPS) is 13.6.